The number of hydrogen-bond donors (Lipinski definition) is 3. The van der Waals surface area contributed by atoms with Gasteiger partial charge in [-0.1, -0.05) is 30.9 Å². The van der Waals surface area contributed by atoms with E-state index in [2.05, 4.69) is 10.6 Å². The largest absolute Gasteiger partial charge is 0.478 e. The van der Waals surface area contributed by atoms with E-state index in [0.717, 1.165) is 25.7 Å². The molecule has 2 rings (SSSR count). The van der Waals surface area contributed by atoms with Crippen LogP contribution >= 0.6 is 11.6 Å². The molecule has 0 aliphatic heterocycles. The van der Waals surface area contributed by atoms with Crippen molar-refractivity contribution in [2.75, 3.05) is 5.32 Å². The Hall–Kier alpha value is -1.75. The third kappa shape index (κ3) is 4.11. The predicted molar refractivity (Wildman–Crippen MR) is 82.1 cm³/mol. The third-order valence-corrected chi connectivity index (χ3v) is 4.14. The molecule has 0 heterocycles. The first-order valence-electron chi connectivity index (χ1n) is 7.02. The highest BCUT2D eigenvalue weighted by atomic mass is 35.5. The van der Waals surface area contributed by atoms with Crippen molar-refractivity contribution in [2.24, 2.45) is 0 Å². The SMILES string of the molecule is CC1(NC(=O)Nc2ccc(C(=O)O)c(Cl)c2)CCCCC1. The van der Waals surface area contributed by atoms with Crippen molar-refractivity contribution in [1.29, 1.82) is 0 Å². The number of carboxylic acid groups (broad SMARTS) is 1. The van der Waals surface area contributed by atoms with Crippen molar-refractivity contribution >= 4 is 29.3 Å². The van der Waals surface area contributed by atoms with E-state index in [1.54, 1.807) is 0 Å². The molecule has 21 heavy (non-hydrogen) atoms. The van der Waals surface area contributed by atoms with Crippen LogP contribution in [0.5, 0.6) is 0 Å². The minimum absolute atomic E-state index is 0.0156. The molecule has 1 aliphatic rings. The van der Waals surface area contributed by atoms with Crippen molar-refractivity contribution in [2.45, 2.75) is 44.6 Å². The molecule has 3 N–H and O–H groups in total. The smallest absolute Gasteiger partial charge is 0.337 e. The van der Waals surface area contributed by atoms with Gasteiger partial charge in [0.2, 0.25) is 0 Å². The Bertz CT molecular complexity index is 554. The summed E-state index contributed by atoms with van der Waals surface area (Å²) in [6.07, 6.45) is 5.40. The second-order valence-electron chi connectivity index (χ2n) is 5.70. The molecule has 0 unspecified atom stereocenters. The quantitative estimate of drug-likeness (QED) is 0.792. The molecule has 0 spiro atoms. The van der Waals surface area contributed by atoms with E-state index in [-0.39, 0.29) is 22.2 Å². The lowest BCUT2D eigenvalue weighted by atomic mass is 9.83. The van der Waals surface area contributed by atoms with E-state index in [0.29, 0.717) is 5.69 Å². The Kier molecular flexibility index (Phi) is 4.73. The number of urea groups is 1. The number of carbonyl (C=O) groups excluding carboxylic acids is 1. The van der Waals surface area contributed by atoms with Gasteiger partial charge in [0.25, 0.3) is 0 Å². The topological polar surface area (TPSA) is 78.4 Å². The number of aromatic carboxylic acids is 1. The van der Waals surface area contributed by atoms with Crippen LogP contribution in [0.2, 0.25) is 5.02 Å². The van der Waals surface area contributed by atoms with Crippen LogP contribution in [0.3, 0.4) is 0 Å². The molecule has 114 valence electrons. The number of nitrogens with one attached hydrogen (secondary N) is 2. The molecule has 1 saturated carbocycles. The Balaban J connectivity index is 1.99. The monoisotopic (exact) mass is 310 g/mol. The lowest BCUT2D eigenvalue weighted by molar-refractivity contribution is 0.0697. The summed E-state index contributed by atoms with van der Waals surface area (Å²) in [5.74, 6) is -1.09. The third-order valence-electron chi connectivity index (χ3n) is 3.83. The van der Waals surface area contributed by atoms with E-state index < -0.39 is 5.97 Å². The molecule has 1 aromatic carbocycles. The Morgan fingerprint density at radius 3 is 2.48 bits per heavy atom. The summed E-state index contributed by atoms with van der Waals surface area (Å²) >= 11 is 5.87. The maximum absolute atomic E-state index is 12.0. The number of carboxylic acids is 1. The van der Waals surface area contributed by atoms with Crippen LogP contribution in [0, 0.1) is 0 Å². The molecule has 1 fully saturated rings. The first kappa shape index (κ1) is 15.6. The number of benzene rings is 1. The van der Waals surface area contributed by atoms with E-state index in [9.17, 15) is 9.59 Å². The van der Waals surface area contributed by atoms with Crippen LogP contribution in [0.1, 0.15) is 49.4 Å². The zero-order chi connectivity index (χ0) is 15.5. The Morgan fingerprint density at radius 1 is 1.24 bits per heavy atom. The standard InChI is InChI=1S/C15H19ClN2O3/c1-15(7-3-2-4-8-15)18-14(21)17-10-5-6-11(13(19)20)12(16)9-10/h5-6,9H,2-4,7-8H2,1H3,(H,19,20)(H2,17,18,21). The summed E-state index contributed by atoms with van der Waals surface area (Å²) in [5, 5.41) is 14.7. The average Bonchev–Trinajstić information content (AvgIpc) is 2.38. The molecule has 0 aromatic heterocycles. The molecule has 0 saturated heterocycles. The molecule has 2 amide bonds. The van der Waals surface area contributed by atoms with Crippen molar-refractivity contribution < 1.29 is 14.7 Å². The molecular formula is C15H19ClN2O3. The fourth-order valence-electron chi connectivity index (χ4n) is 2.66. The van der Waals surface area contributed by atoms with Crippen LogP contribution in [0.25, 0.3) is 0 Å². The molecule has 1 aromatic rings. The van der Waals surface area contributed by atoms with Gasteiger partial charge in [-0.25, -0.2) is 9.59 Å². The second kappa shape index (κ2) is 6.35. The van der Waals surface area contributed by atoms with Crippen LogP contribution < -0.4 is 10.6 Å². The van der Waals surface area contributed by atoms with Crippen molar-refractivity contribution in [1.82, 2.24) is 5.32 Å². The Morgan fingerprint density at radius 2 is 1.90 bits per heavy atom. The highest BCUT2D eigenvalue weighted by Crippen LogP contribution is 2.27. The molecule has 0 radical (unpaired) electrons. The second-order valence-corrected chi connectivity index (χ2v) is 6.11. The zero-order valence-corrected chi connectivity index (χ0v) is 12.7. The maximum Gasteiger partial charge on any atom is 0.337 e. The number of hydrogen-bond acceptors (Lipinski definition) is 2. The van der Waals surface area contributed by atoms with Gasteiger partial charge in [0, 0.05) is 11.2 Å². The van der Waals surface area contributed by atoms with E-state index in [4.69, 9.17) is 16.7 Å². The number of anilines is 1. The van der Waals surface area contributed by atoms with Crippen LogP contribution in [-0.4, -0.2) is 22.6 Å². The van der Waals surface area contributed by atoms with Gasteiger partial charge in [0.15, 0.2) is 0 Å². The average molecular weight is 311 g/mol. The fourth-order valence-corrected chi connectivity index (χ4v) is 2.92. The van der Waals surface area contributed by atoms with Gasteiger partial charge < -0.3 is 15.7 Å². The minimum atomic E-state index is -1.09. The van der Waals surface area contributed by atoms with Crippen molar-refractivity contribution in [3.05, 3.63) is 28.8 Å². The fraction of sp³-hybridized carbons (Fsp3) is 0.467. The van der Waals surface area contributed by atoms with Crippen molar-refractivity contribution in [3.8, 4) is 0 Å². The molecule has 1 aliphatic carbocycles. The van der Waals surface area contributed by atoms with Gasteiger partial charge in [-0.3, -0.25) is 0 Å². The Labute approximate surface area is 128 Å². The summed E-state index contributed by atoms with van der Waals surface area (Å²) in [4.78, 5) is 22.9. The predicted octanol–water partition coefficient (Wildman–Crippen LogP) is 3.88. The number of halogens is 1. The van der Waals surface area contributed by atoms with Gasteiger partial charge in [0.1, 0.15) is 0 Å². The first-order chi connectivity index (χ1) is 9.89. The zero-order valence-electron chi connectivity index (χ0n) is 11.9. The van der Waals surface area contributed by atoms with E-state index in [1.807, 2.05) is 6.92 Å². The summed E-state index contributed by atoms with van der Waals surface area (Å²) in [7, 11) is 0. The summed E-state index contributed by atoms with van der Waals surface area (Å²) in [5.41, 5.74) is 0.316. The van der Waals surface area contributed by atoms with E-state index >= 15 is 0 Å². The molecule has 0 atom stereocenters. The lowest BCUT2D eigenvalue weighted by Crippen LogP contribution is -2.48. The lowest BCUT2D eigenvalue weighted by Gasteiger charge is -2.34. The van der Waals surface area contributed by atoms with Gasteiger partial charge in [-0.2, -0.15) is 0 Å². The number of amides is 2. The van der Waals surface area contributed by atoms with Crippen molar-refractivity contribution in [3.63, 3.8) is 0 Å². The molecule has 6 heteroatoms. The van der Waals surface area contributed by atoms with Gasteiger partial charge in [0.05, 0.1) is 10.6 Å². The van der Waals surface area contributed by atoms with Gasteiger partial charge >= 0.3 is 12.0 Å². The van der Waals surface area contributed by atoms with Gasteiger partial charge in [-0.15, -0.1) is 0 Å². The van der Waals surface area contributed by atoms with Crippen LogP contribution in [0.15, 0.2) is 18.2 Å². The van der Waals surface area contributed by atoms with Gasteiger partial charge in [-0.05, 0) is 38.0 Å². The summed E-state index contributed by atoms with van der Waals surface area (Å²) in [6, 6.07) is 4.05. The summed E-state index contributed by atoms with van der Waals surface area (Å²) < 4.78 is 0. The highest BCUT2D eigenvalue weighted by Gasteiger charge is 2.28. The number of rotatable bonds is 3. The maximum atomic E-state index is 12.0. The highest BCUT2D eigenvalue weighted by molar-refractivity contribution is 6.33. The minimum Gasteiger partial charge on any atom is -0.478 e. The normalized spacial score (nSPS) is 17.0. The number of carbonyl (C=O) groups is 2. The summed E-state index contributed by atoms with van der Waals surface area (Å²) in [6.45, 7) is 2.05. The van der Waals surface area contributed by atoms with E-state index in [1.165, 1.54) is 24.6 Å². The first-order valence-corrected chi connectivity index (χ1v) is 7.39. The molecule has 5 nitrogen and oxygen atoms in total. The molecular weight excluding hydrogens is 292 g/mol. The molecule has 0 bridgehead atoms. The van der Waals surface area contributed by atoms with Crippen LogP contribution in [-0.2, 0) is 0 Å². The van der Waals surface area contributed by atoms with Crippen LogP contribution in [0.4, 0.5) is 10.5 Å².